The van der Waals surface area contributed by atoms with Crippen molar-refractivity contribution in [2.75, 3.05) is 0 Å². The molecule has 110 valence electrons. The van der Waals surface area contributed by atoms with Crippen molar-refractivity contribution >= 4 is 0 Å². The highest BCUT2D eigenvalue weighted by Gasteiger charge is 2.37. The summed E-state index contributed by atoms with van der Waals surface area (Å²) in [5.41, 5.74) is -2.05. The van der Waals surface area contributed by atoms with Crippen molar-refractivity contribution in [1.29, 1.82) is 0 Å². The van der Waals surface area contributed by atoms with E-state index in [1.54, 1.807) is 6.07 Å². The van der Waals surface area contributed by atoms with Crippen LogP contribution in [0.2, 0.25) is 0 Å². The topological polar surface area (TPSA) is 60.7 Å². The summed E-state index contributed by atoms with van der Waals surface area (Å²) in [5, 5.41) is 4.03. The highest BCUT2D eigenvalue weighted by atomic mass is 19.4. The molecular weight excluding hydrogens is 285 g/mol. The highest BCUT2D eigenvalue weighted by molar-refractivity contribution is 5.22. The third-order valence-electron chi connectivity index (χ3n) is 3.20. The quantitative estimate of drug-likeness (QED) is 0.869. The van der Waals surface area contributed by atoms with E-state index in [1.807, 2.05) is 0 Å². The van der Waals surface area contributed by atoms with Crippen LogP contribution in [-0.2, 0) is 12.7 Å². The lowest BCUT2D eigenvalue weighted by atomic mass is 10.2. The number of aromatic nitrogens is 4. The minimum Gasteiger partial charge on any atom is -0.267 e. The first-order valence-electron chi connectivity index (χ1n) is 6.40. The molecule has 1 aliphatic rings. The Hall–Kier alpha value is -2.25. The summed E-state index contributed by atoms with van der Waals surface area (Å²) in [6, 6.07) is 2.45. The fourth-order valence-electron chi connectivity index (χ4n) is 2.00. The zero-order valence-corrected chi connectivity index (χ0v) is 10.8. The predicted octanol–water partition coefficient (Wildman–Crippen LogP) is 1.98. The molecule has 0 radical (unpaired) electrons. The van der Waals surface area contributed by atoms with Gasteiger partial charge >= 0.3 is 6.18 Å². The van der Waals surface area contributed by atoms with Gasteiger partial charge in [-0.3, -0.25) is 4.79 Å². The van der Waals surface area contributed by atoms with E-state index < -0.39 is 17.3 Å². The summed E-state index contributed by atoms with van der Waals surface area (Å²) in [4.78, 5) is 19.8. The lowest BCUT2D eigenvalue weighted by Gasteiger charge is -2.11. The molecular formula is C13H11F3N4O. The van der Waals surface area contributed by atoms with E-state index in [4.69, 9.17) is 0 Å². The molecule has 1 fully saturated rings. The van der Waals surface area contributed by atoms with Gasteiger partial charge in [0, 0.05) is 18.3 Å². The van der Waals surface area contributed by atoms with E-state index in [0.29, 0.717) is 5.69 Å². The van der Waals surface area contributed by atoms with E-state index in [0.717, 1.165) is 23.6 Å². The van der Waals surface area contributed by atoms with Crippen LogP contribution in [0.5, 0.6) is 0 Å². The van der Waals surface area contributed by atoms with Gasteiger partial charge in [-0.1, -0.05) is 0 Å². The number of hydrogen-bond donors (Lipinski definition) is 0. The summed E-state index contributed by atoms with van der Waals surface area (Å²) >= 11 is 0. The van der Waals surface area contributed by atoms with E-state index in [9.17, 15) is 18.0 Å². The SMILES string of the molecule is O=c1c(C(F)(F)F)cc(C2CC2)nn1Cc1ncccn1. The van der Waals surface area contributed by atoms with E-state index in [1.165, 1.54) is 12.4 Å². The summed E-state index contributed by atoms with van der Waals surface area (Å²) in [6.07, 6.45) is -0.177. The molecule has 0 atom stereocenters. The molecule has 2 heterocycles. The van der Waals surface area contributed by atoms with Gasteiger partial charge in [-0.2, -0.15) is 18.3 Å². The van der Waals surface area contributed by atoms with Gasteiger partial charge in [-0.05, 0) is 25.0 Å². The zero-order valence-electron chi connectivity index (χ0n) is 10.8. The van der Waals surface area contributed by atoms with Gasteiger partial charge in [0.1, 0.15) is 17.9 Å². The Kier molecular flexibility index (Phi) is 3.23. The van der Waals surface area contributed by atoms with Crippen LogP contribution < -0.4 is 5.56 Å². The lowest BCUT2D eigenvalue weighted by molar-refractivity contribution is -0.139. The molecule has 3 rings (SSSR count). The first kappa shape index (κ1) is 13.7. The Bertz CT molecular complexity index is 708. The first-order chi connectivity index (χ1) is 9.95. The van der Waals surface area contributed by atoms with Crippen molar-refractivity contribution in [3.8, 4) is 0 Å². The van der Waals surface area contributed by atoms with Gasteiger partial charge in [-0.15, -0.1) is 0 Å². The lowest BCUT2D eigenvalue weighted by Crippen LogP contribution is -2.32. The Balaban J connectivity index is 2.06. The predicted molar refractivity (Wildman–Crippen MR) is 66.6 cm³/mol. The molecule has 5 nitrogen and oxygen atoms in total. The smallest absolute Gasteiger partial charge is 0.267 e. The van der Waals surface area contributed by atoms with Gasteiger partial charge in [0.25, 0.3) is 5.56 Å². The second-order valence-electron chi connectivity index (χ2n) is 4.88. The molecule has 1 aliphatic carbocycles. The largest absolute Gasteiger partial charge is 0.421 e. The normalized spacial score (nSPS) is 15.2. The average Bonchev–Trinajstić information content (AvgIpc) is 3.25. The number of hydrogen-bond acceptors (Lipinski definition) is 4. The van der Waals surface area contributed by atoms with Gasteiger partial charge < -0.3 is 0 Å². The molecule has 0 unspecified atom stereocenters. The van der Waals surface area contributed by atoms with Crippen LogP contribution in [0, 0.1) is 0 Å². The number of nitrogens with zero attached hydrogens (tertiary/aromatic N) is 4. The number of alkyl halides is 3. The molecule has 1 saturated carbocycles. The number of halogens is 3. The Morgan fingerprint density at radius 1 is 1.24 bits per heavy atom. The molecule has 0 saturated heterocycles. The molecule has 0 aliphatic heterocycles. The van der Waals surface area contributed by atoms with Crippen molar-refractivity contribution in [2.24, 2.45) is 0 Å². The Labute approximate surface area is 117 Å². The molecule has 8 heteroatoms. The van der Waals surface area contributed by atoms with Gasteiger partial charge in [-0.25, -0.2) is 14.6 Å². The standard InChI is InChI=1S/C13H11F3N4O/c14-13(15,16)9-6-10(8-2-3-8)19-20(12(9)21)7-11-17-4-1-5-18-11/h1,4-6,8H,2-3,7H2. The Morgan fingerprint density at radius 2 is 1.90 bits per heavy atom. The van der Waals surface area contributed by atoms with E-state index >= 15 is 0 Å². The molecule has 21 heavy (non-hydrogen) atoms. The van der Waals surface area contributed by atoms with Gasteiger partial charge in [0.05, 0.1) is 5.69 Å². The molecule has 0 aromatic carbocycles. The van der Waals surface area contributed by atoms with Crippen LogP contribution in [0.15, 0.2) is 29.3 Å². The Morgan fingerprint density at radius 3 is 2.48 bits per heavy atom. The summed E-state index contributed by atoms with van der Waals surface area (Å²) in [7, 11) is 0. The first-order valence-corrected chi connectivity index (χ1v) is 6.40. The average molecular weight is 296 g/mol. The molecule has 0 amide bonds. The molecule has 0 bridgehead atoms. The van der Waals surface area contributed by atoms with Crippen molar-refractivity contribution in [3.63, 3.8) is 0 Å². The molecule has 0 N–H and O–H groups in total. The second kappa shape index (κ2) is 4.94. The second-order valence-corrected chi connectivity index (χ2v) is 4.88. The van der Waals surface area contributed by atoms with Crippen molar-refractivity contribution in [2.45, 2.75) is 31.5 Å². The van der Waals surface area contributed by atoms with E-state index in [-0.39, 0.29) is 18.3 Å². The van der Waals surface area contributed by atoms with Crippen molar-refractivity contribution in [3.05, 3.63) is 52.0 Å². The highest BCUT2D eigenvalue weighted by Crippen LogP contribution is 2.40. The minimum atomic E-state index is -4.69. The van der Waals surface area contributed by atoms with Crippen LogP contribution in [0.1, 0.15) is 35.8 Å². The maximum Gasteiger partial charge on any atom is 0.421 e. The van der Waals surface area contributed by atoms with E-state index in [2.05, 4.69) is 15.1 Å². The fourth-order valence-corrected chi connectivity index (χ4v) is 2.00. The minimum absolute atomic E-state index is 0.00893. The monoisotopic (exact) mass is 296 g/mol. The van der Waals surface area contributed by atoms with Crippen LogP contribution in [0.4, 0.5) is 13.2 Å². The molecule has 0 spiro atoms. The third-order valence-corrected chi connectivity index (χ3v) is 3.20. The summed E-state index contributed by atoms with van der Waals surface area (Å²) < 4.78 is 39.7. The van der Waals surface area contributed by atoms with Crippen LogP contribution >= 0.6 is 0 Å². The van der Waals surface area contributed by atoms with Crippen LogP contribution in [0.3, 0.4) is 0 Å². The zero-order chi connectivity index (χ0) is 15.0. The fraction of sp³-hybridized carbons (Fsp3) is 0.385. The molecule has 2 aromatic rings. The van der Waals surface area contributed by atoms with Crippen molar-refractivity contribution < 1.29 is 13.2 Å². The van der Waals surface area contributed by atoms with Gasteiger partial charge in [0.15, 0.2) is 0 Å². The van der Waals surface area contributed by atoms with Gasteiger partial charge in [0.2, 0.25) is 0 Å². The number of rotatable bonds is 3. The molecule has 2 aromatic heterocycles. The third kappa shape index (κ3) is 2.93. The summed E-state index contributed by atoms with van der Waals surface area (Å²) in [6.45, 7) is -0.177. The van der Waals surface area contributed by atoms with Crippen LogP contribution in [0.25, 0.3) is 0 Å². The van der Waals surface area contributed by atoms with Crippen molar-refractivity contribution in [1.82, 2.24) is 19.7 Å². The summed E-state index contributed by atoms with van der Waals surface area (Å²) in [5.74, 6) is 0.253. The van der Waals surface area contributed by atoms with Crippen LogP contribution in [-0.4, -0.2) is 19.7 Å². The maximum absolute atomic E-state index is 13.0. The maximum atomic E-state index is 13.0.